The minimum absolute atomic E-state index is 0. The van der Waals surface area contributed by atoms with Crippen LogP contribution in [0.5, 0.6) is 0 Å². The molecule has 1 unspecified atom stereocenters. The number of aldehydes is 1. The molecule has 0 aliphatic rings. The lowest BCUT2D eigenvalue weighted by Gasteiger charge is -2.03. The van der Waals surface area contributed by atoms with Gasteiger partial charge in [0.2, 0.25) is 0 Å². The summed E-state index contributed by atoms with van der Waals surface area (Å²) in [6, 6.07) is 7.44. The van der Waals surface area contributed by atoms with Gasteiger partial charge in [0.1, 0.15) is 6.29 Å². The van der Waals surface area contributed by atoms with Crippen molar-refractivity contribution in [1.29, 1.82) is 0 Å². The summed E-state index contributed by atoms with van der Waals surface area (Å²) in [7, 11) is 0. The van der Waals surface area contributed by atoms with Crippen molar-refractivity contribution in [2.24, 2.45) is 5.73 Å². The van der Waals surface area contributed by atoms with E-state index in [1.807, 2.05) is 24.3 Å². The molecule has 2 N–H and O–H groups in total. The van der Waals surface area contributed by atoms with Gasteiger partial charge in [-0.25, -0.2) is 0 Å². The predicted molar refractivity (Wildman–Crippen MR) is 61.0 cm³/mol. The third kappa shape index (κ3) is 3.54. The number of nitrogens with two attached hydrogens (primary N) is 1. The summed E-state index contributed by atoms with van der Waals surface area (Å²) in [4.78, 5) is 10.3. The van der Waals surface area contributed by atoms with Crippen LogP contribution in [0.2, 0.25) is 0 Å². The van der Waals surface area contributed by atoms with Gasteiger partial charge in [-0.3, -0.25) is 0 Å². The fraction of sp³-hybridized carbons (Fsp3) is 0.250. The van der Waals surface area contributed by atoms with Gasteiger partial charge in [-0.05, 0) is 17.5 Å². The molecule has 1 rings (SSSR count). The Morgan fingerprint density at radius 3 is 2.36 bits per heavy atom. The largest absolute Gasteiger partial charge is 0.321 e. The van der Waals surface area contributed by atoms with E-state index in [0.29, 0.717) is 6.42 Å². The fourth-order valence-corrected chi connectivity index (χ4v) is 1.11. The maximum absolute atomic E-state index is 10.3. The first-order valence-electron chi connectivity index (χ1n) is 4.18. The van der Waals surface area contributed by atoms with Crippen LogP contribution in [0.1, 0.15) is 18.6 Å². The first kappa shape index (κ1) is 12.6. The van der Waals surface area contributed by atoms with Crippen LogP contribution >= 0.6 is 0 Å². The molecular formula is C12H17NO. The number of hydrogen-bond acceptors (Lipinski definition) is 2. The highest BCUT2D eigenvalue weighted by Gasteiger charge is 2.00. The Hall–Kier alpha value is -1.41. The summed E-state index contributed by atoms with van der Waals surface area (Å²) in [6.07, 6.45) is 3.14. The zero-order chi connectivity index (χ0) is 9.68. The Morgan fingerprint density at radius 2 is 1.93 bits per heavy atom. The van der Waals surface area contributed by atoms with Gasteiger partial charge in [-0.15, -0.1) is 0 Å². The molecule has 0 aromatic heterocycles. The topological polar surface area (TPSA) is 43.1 Å². The highest BCUT2D eigenvalue weighted by atomic mass is 16.1. The third-order valence-electron chi connectivity index (χ3n) is 1.86. The summed E-state index contributed by atoms with van der Waals surface area (Å²) in [5.74, 6) is 0. The van der Waals surface area contributed by atoms with Crippen molar-refractivity contribution in [1.82, 2.24) is 0 Å². The molecule has 0 fully saturated rings. The number of hydrogen-bond donors (Lipinski definition) is 1. The molecule has 2 heteroatoms. The quantitative estimate of drug-likeness (QED) is 0.740. The Kier molecular flexibility index (Phi) is 5.49. The minimum Gasteiger partial charge on any atom is -0.321 e. The van der Waals surface area contributed by atoms with E-state index in [2.05, 4.69) is 6.58 Å². The van der Waals surface area contributed by atoms with Gasteiger partial charge >= 0.3 is 0 Å². The van der Waals surface area contributed by atoms with Crippen LogP contribution in [0, 0.1) is 0 Å². The maximum Gasteiger partial charge on any atom is 0.137 e. The molecule has 0 radical (unpaired) electrons. The molecule has 1 aromatic rings. The first-order chi connectivity index (χ1) is 6.26. The van der Waals surface area contributed by atoms with E-state index in [1.165, 1.54) is 0 Å². The van der Waals surface area contributed by atoms with Crippen LogP contribution in [0.15, 0.2) is 30.8 Å². The Labute approximate surface area is 85.4 Å². The van der Waals surface area contributed by atoms with Crippen LogP contribution in [0.25, 0.3) is 6.08 Å². The highest BCUT2D eigenvalue weighted by Crippen LogP contribution is 2.06. The summed E-state index contributed by atoms with van der Waals surface area (Å²) >= 11 is 0. The molecule has 0 spiro atoms. The molecule has 0 aliphatic carbocycles. The van der Waals surface area contributed by atoms with Crippen LogP contribution in [-0.4, -0.2) is 12.3 Å². The third-order valence-corrected chi connectivity index (χ3v) is 1.86. The van der Waals surface area contributed by atoms with Crippen molar-refractivity contribution < 1.29 is 4.79 Å². The molecule has 0 bridgehead atoms. The summed E-state index contributed by atoms with van der Waals surface area (Å²) < 4.78 is 0. The van der Waals surface area contributed by atoms with Crippen LogP contribution in [-0.2, 0) is 11.2 Å². The Morgan fingerprint density at radius 1 is 1.36 bits per heavy atom. The molecule has 0 amide bonds. The van der Waals surface area contributed by atoms with Crippen molar-refractivity contribution in [3.63, 3.8) is 0 Å². The zero-order valence-corrected chi connectivity index (χ0v) is 7.44. The molecule has 76 valence electrons. The molecular weight excluding hydrogens is 174 g/mol. The molecule has 2 nitrogen and oxygen atoms in total. The molecule has 1 aromatic carbocycles. The maximum atomic E-state index is 10.3. The molecule has 0 aliphatic heterocycles. The van der Waals surface area contributed by atoms with Gasteiger partial charge in [0.15, 0.2) is 0 Å². The van der Waals surface area contributed by atoms with Crippen molar-refractivity contribution in [3.8, 4) is 0 Å². The van der Waals surface area contributed by atoms with Gasteiger partial charge in [-0.2, -0.15) is 0 Å². The smallest absolute Gasteiger partial charge is 0.137 e. The second kappa shape index (κ2) is 6.11. The van der Waals surface area contributed by atoms with Crippen molar-refractivity contribution in [2.75, 3.05) is 0 Å². The second-order valence-electron chi connectivity index (χ2n) is 2.95. The zero-order valence-electron chi connectivity index (χ0n) is 7.44. The van der Waals surface area contributed by atoms with Gasteiger partial charge in [-0.1, -0.05) is 44.3 Å². The van der Waals surface area contributed by atoms with E-state index in [1.54, 1.807) is 6.08 Å². The van der Waals surface area contributed by atoms with E-state index < -0.39 is 6.04 Å². The van der Waals surface area contributed by atoms with Gasteiger partial charge in [0, 0.05) is 0 Å². The van der Waals surface area contributed by atoms with Gasteiger partial charge < -0.3 is 10.5 Å². The van der Waals surface area contributed by atoms with Crippen LogP contribution in [0.3, 0.4) is 0 Å². The lowest BCUT2D eigenvalue weighted by molar-refractivity contribution is -0.108. The first-order valence-corrected chi connectivity index (χ1v) is 4.18. The lowest BCUT2D eigenvalue weighted by Crippen LogP contribution is -2.23. The van der Waals surface area contributed by atoms with Crippen LogP contribution < -0.4 is 5.73 Å². The van der Waals surface area contributed by atoms with Gasteiger partial charge in [0.25, 0.3) is 0 Å². The molecule has 14 heavy (non-hydrogen) atoms. The SMILES string of the molecule is C.C=Cc1ccc(CC(N)C=O)cc1. The number of benzene rings is 1. The predicted octanol–water partition coefficient (Wildman–Crippen LogP) is 2.03. The van der Waals surface area contributed by atoms with Crippen molar-refractivity contribution in [2.45, 2.75) is 19.9 Å². The monoisotopic (exact) mass is 191 g/mol. The average Bonchev–Trinajstić information content (AvgIpc) is 2.19. The molecule has 1 atom stereocenters. The van der Waals surface area contributed by atoms with Crippen molar-refractivity contribution >= 4 is 12.4 Å². The van der Waals surface area contributed by atoms with Crippen molar-refractivity contribution in [3.05, 3.63) is 42.0 Å². The highest BCUT2D eigenvalue weighted by molar-refractivity contribution is 5.58. The second-order valence-corrected chi connectivity index (χ2v) is 2.95. The number of carbonyl (C=O) groups is 1. The van der Waals surface area contributed by atoms with E-state index in [-0.39, 0.29) is 7.43 Å². The average molecular weight is 191 g/mol. The van der Waals surface area contributed by atoms with E-state index >= 15 is 0 Å². The summed E-state index contributed by atoms with van der Waals surface area (Å²) in [5, 5.41) is 0. The Balaban J connectivity index is 0.00000169. The number of carbonyl (C=O) groups excluding carboxylic acids is 1. The fourth-order valence-electron chi connectivity index (χ4n) is 1.11. The molecule has 0 saturated carbocycles. The minimum atomic E-state index is -0.394. The van der Waals surface area contributed by atoms with Crippen LogP contribution in [0.4, 0.5) is 0 Å². The standard InChI is InChI=1S/C11H13NO.CH4/c1-2-9-3-5-10(6-4-9)7-11(12)8-13;/h2-6,8,11H,1,7,12H2;1H4. The summed E-state index contributed by atoms with van der Waals surface area (Å²) in [5.41, 5.74) is 7.63. The lowest BCUT2D eigenvalue weighted by atomic mass is 10.1. The normalized spacial score (nSPS) is 11.2. The Bertz CT molecular complexity index is 290. The molecule has 0 heterocycles. The van der Waals surface area contributed by atoms with E-state index in [0.717, 1.165) is 17.4 Å². The van der Waals surface area contributed by atoms with Gasteiger partial charge in [0.05, 0.1) is 6.04 Å². The van der Waals surface area contributed by atoms with E-state index in [4.69, 9.17) is 5.73 Å². The van der Waals surface area contributed by atoms with E-state index in [9.17, 15) is 4.79 Å². The number of rotatable bonds is 4. The molecule has 0 saturated heterocycles. The summed E-state index contributed by atoms with van der Waals surface area (Å²) in [6.45, 7) is 3.66.